The number of allylic oxidation sites excluding steroid dienone is 1. The predicted octanol–water partition coefficient (Wildman–Crippen LogP) is 6.58. The van der Waals surface area contributed by atoms with E-state index in [2.05, 4.69) is 15.5 Å². The lowest BCUT2D eigenvalue weighted by atomic mass is 10.1. The van der Waals surface area contributed by atoms with Gasteiger partial charge in [-0.1, -0.05) is 66.4 Å². The highest BCUT2D eigenvalue weighted by Crippen LogP contribution is 2.34. The van der Waals surface area contributed by atoms with Gasteiger partial charge in [0, 0.05) is 22.5 Å². The summed E-state index contributed by atoms with van der Waals surface area (Å²) in [6.45, 7) is 0. The first-order chi connectivity index (χ1) is 20.6. The van der Waals surface area contributed by atoms with Crippen LogP contribution in [0.25, 0.3) is 23.2 Å². The van der Waals surface area contributed by atoms with Crippen LogP contribution in [0.1, 0.15) is 15.9 Å². The summed E-state index contributed by atoms with van der Waals surface area (Å²) in [7, 11) is 3.17. The Morgan fingerprint density at radius 1 is 0.833 bits per heavy atom. The van der Waals surface area contributed by atoms with E-state index in [-0.39, 0.29) is 17.4 Å². The Bertz CT molecular complexity index is 1700. The molecule has 0 aliphatic carbocycles. The molecule has 8 nitrogen and oxygen atoms in total. The number of nitrogens with zero attached hydrogens (tertiary/aromatic N) is 3. The van der Waals surface area contributed by atoms with Crippen molar-refractivity contribution in [1.82, 2.24) is 14.8 Å². The highest BCUT2D eigenvalue weighted by molar-refractivity contribution is 7.99. The fraction of sp³-hybridized carbons (Fsp3) is 0.0909. The minimum atomic E-state index is -0.210. The number of amides is 1. The Hall–Kier alpha value is -5.15. The molecular weight excluding hydrogens is 548 g/mol. The highest BCUT2D eigenvalue weighted by atomic mass is 32.2. The van der Waals surface area contributed by atoms with Crippen LogP contribution in [0, 0.1) is 0 Å². The van der Waals surface area contributed by atoms with Gasteiger partial charge < -0.3 is 14.8 Å². The summed E-state index contributed by atoms with van der Waals surface area (Å²) in [6, 6.07) is 31.7. The van der Waals surface area contributed by atoms with Crippen LogP contribution >= 0.6 is 11.8 Å². The van der Waals surface area contributed by atoms with Crippen LogP contribution in [0.3, 0.4) is 0 Å². The second-order valence-corrected chi connectivity index (χ2v) is 10.0. The van der Waals surface area contributed by atoms with E-state index in [9.17, 15) is 9.59 Å². The Kier molecular flexibility index (Phi) is 9.10. The molecule has 9 heteroatoms. The summed E-state index contributed by atoms with van der Waals surface area (Å²) in [6.07, 6.45) is 3.32. The van der Waals surface area contributed by atoms with Gasteiger partial charge in [0.25, 0.3) is 0 Å². The Morgan fingerprint density at radius 2 is 1.52 bits per heavy atom. The van der Waals surface area contributed by atoms with E-state index >= 15 is 0 Å². The van der Waals surface area contributed by atoms with Gasteiger partial charge in [-0.15, -0.1) is 10.2 Å². The lowest BCUT2D eigenvalue weighted by molar-refractivity contribution is -0.113. The van der Waals surface area contributed by atoms with Crippen LogP contribution in [0.15, 0.2) is 114 Å². The van der Waals surface area contributed by atoms with E-state index in [1.807, 2.05) is 83.4 Å². The number of carbonyl (C=O) groups is 2. The molecule has 1 N–H and O–H groups in total. The molecule has 0 atom stereocenters. The summed E-state index contributed by atoms with van der Waals surface area (Å²) in [5.74, 6) is 1.57. The molecule has 5 rings (SSSR count). The van der Waals surface area contributed by atoms with Crippen LogP contribution in [0.4, 0.5) is 5.69 Å². The fourth-order valence-corrected chi connectivity index (χ4v) is 4.96. The van der Waals surface area contributed by atoms with Crippen LogP contribution in [-0.2, 0) is 4.79 Å². The van der Waals surface area contributed by atoms with E-state index in [1.165, 1.54) is 11.8 Å². The third-order valence-corrected chi connectivity index (χ3v) is 7.23. The number of benzene rings is 4. The van der Waals surface area contributed by atoms with E-state index in [1.54, 1.807) is 50.6 Å². The van der Waals surface area contributed by atoms with Gasteiger partial charge in [0.05, 0.1) is 20.0 Å². The molecule has 0 saturated heterocycles. The molecule has 0 unspecified atom stereocenters. The lowest BCUT2D eigenvalue weighted by Crippen LogP contribution is -2.14. The number of hydrogen-bond donors (Lipinski definition) is 1. The zero-order valence-electron chi connectivity index (χ0n) is 23.1. The van der Waals surface area contributed by atoms with Crippen LogP contribution in [-0.4, -0.2) is 46.4 Å². The maximum absolute atomic E-state index is 12.8. The fourth-order valence-electron chi connectivity index (χ4n) is 4.21. The van der Waals surface area contributed by atoms with Gasteiger partial charge in [-0.3, -0.25) is 14.2 Å². The smallest absolute Gasteiger partial charge is 0.234 e. The zero-order valence-corrected chi connectivity index (χ0v) is 23.9. The molecule has 0 aliphatic rings. The molecule has 0 spiro atoms. The van der Waals surface area contributed by atoms with Gasteiger partial charge in [0.15, 0.2) is 28.3 Å². The van der Waals surface area contributed by atoms with Gasteiger partial charge in [-0.05, 0) is 66.2 Å². The third kappa shape index (κ3) is 6.76. The molecule has 0 aliphatic heterocycles. The number of ketones is 1. The number of aromatic nitrogens is 3. The molecule has 210 valence electrons. The minimum absolute atomic E-state index is 0.109. The third-order valence-electron chi connectivity index (χ3n) is 6.30. The van der Waals surface area contributed by atoms with Crippen LogP contribution in [0.5, 0.6) is 11.5 Å². The topological polar surface area (TPSA) is 95.3 Å². The van der Waals surface area contributed by atoms with E-state index in [0.29, 0.717) is 33.7 Å². The molecule has 4 aromatic carbocycles. The Morgan fingerprint density at radius 3 is 2.21 bits per heavy atom. The highest BCUT2D eigenvalue weighted by Gasteiger charge is 2.19. The first-order valence-corrected chi connectivity index (χ1v) is 14.1. The SMILES string of the molecule is COc1ccc(-c2nnc(SCC(=O)Nc3ccc(C(=O)/C=C/c4ccccc4)cc3)n2-c2ccccc2)cc1OC. The Balaban J connectivity index is 1.28. The number of para-hydroxylation sites is 1. The van der Waals surface area contributed by atoms with Crippen molar-refractivity contribution in [2.24, 2.45) is 0 Å². The number of carbonyl (C=O) groups excluding carboxylic acids is 2. The number of nitrogens with one attached hydrogen (secondary N) is 1. The van der Waals surface area contributed by atoms with E-state index in [4.69, 9.17) is 9.47 Å². The molecular formula is C33H28N4O4S. The number of rotatable bonds is 11. The summed E-state index contributed by atoms with van der Waals surface area (Å²) in [5.41, 5.74) is 3.73. The van der Waals surface area contributed by atoms with Crippen molar-refractivity contribution in [2.75, 3.05) is 25.3 Å². The molecule has 0 radical (unpaired) electrons. The number of ether oxygens (including phenoxy) is 2. The van der Waals surface area contributed by atoms with E-state index in [0.717, 1.165) is 16.8 Å². The standard InChI is InChI=1S/C33H28N4O4S/c1-40-29-20-16-25(21-30(29)41-2)32-35-36-33(37(32)27-11-7-4-8-12-27)42-22-31(39)34-26-17-14-24(15-18-26)28(38)19-13-23-9-5-3-6-10-23/h3-21H,22H2,1-2H3,(H,34,39)/b19-13+. The largest absolute Gasteiger partial charge is 0.493 e. The van der Waals surface area contributed by atoms with Gasteiger partial charge in [-0.2, -0.15) is 0 Å². The van der Waals surface area contributed by atoms with Crippen molar-refractivity contribution in [1.29, 1.82) is 0 Å². The minimum Gasteiger partial charge on any atom is -0.493 e. The molecule has 1 aromatic heterocycles. The summed E-state index contributed by atoms with van der Waals surface area (Å²) < 4.78 is 12.8. The zero-order chi connectivity index (χ0) is 29.3. The average molecular weight is 577 g/mol. The number of methoxy groups -OCH3 is 2. The lowest BCUT2D eigenvalue weighted by Gasteiger charge is -2.12. The molecule has 1 heterocycles. The van der Waals surface area contributed by atoms with Crippen molar-refractivity contribution in [2.45, 2.75) is 5.16 Å². The van der Waals surface area contributed by atoms with Crippen molar-refractivity contribution >= 4 is 35.2 Å². The van der Waals surface area contributed by atoms with Gasteiger partial charge in [-0.25, -0.2) is 0 Å². The second-order valence-electron chi connectivity index (χ2n) is 9.07. The van der Waals surface area contributed by atoms with Gasteiger partial charge in [0.1, 0.15) is 0 Å². The summed E-state index contributed by atoms with van der Waals surface area (Å²) in [5, 5.41) is 12.3. The molecule has 1 amide bonds. The second kappa shape index (κ2) is 13.5. The van der Waals surface area contributed by atoms with Crippen molar-refractivity contribution in [3.05, 3.63) is 120 Å². The number of thioether (sulfide) groups is 1. The first kappa shape index (κ1) is 28.4. The van der Waals surface area contributed by atoms with Crippen molar-refractivity contribution in [3.8, 4) is 28.6 Å². The molecule has 5 aromatic rings. The monoisotopic (exact) mass is 576 g/mol. The number of hydrogen-bond acceptors (Lipinski definition) is 7. The number of anilines is 1. The maximum atomic E-state index is 12.8. The maximum Gasteiger partial charge on any atom is 0.234 e. The van der Waals surface area contributed by atoms with Crippen LogP contribution in [0.2, 0.25) is 0 Å². The molecule has 0 bridgehead atoms. The predicted molar refractivity (Wildman–Crippen MR) is 166 cm³/mol. The Labute approximate surface area is 248 Å². The first-order valence-electron chi connectivity index (χ1n) is 13.1. The van der Waals surface area contributed by atoms with Gasteiger partial charge in [0.2, 0.25) is 5.91 Å². The van der Waals surface area contributed by atoms with E-state index < -0.39 is 0 Å². The quantitative estimate of drug-likeness (QED) is 0.108. The van der Waals surface area contributed by atoms with Crippen molar-refractivity contribution in [3.63, 3.8) is 0 Å². The van der Waals surface area contributed by atoms with Crippen LogP contribution < -0.4 is 14.8 Å². The molecule has 0 fully saturated rings. The van der Waals surface area contributed by atoms with Crippen molar-refractivity contribution < 1.29 is 19.1 Å². The van der Waals surface area contributed by atoms with Gasteiger partial charge >= 0.3 is 0 Å². The summed E-state index contributed by atoms with van der Waals surface area (Å²) >= 11 is 1.27. The normalized spacial score (nSPS) is 10.9. The molecule has 42 heavy (non-hydrogen) atoms. The molecule has 0 saturated carbocycles. The average Bonchev–Trinajstić information content (AvgIpc) is 3.47. The summed E-state index contributed by atoms with van der Waals surface area (Å²) in [4.78, 5) is 25.4.